The monoisotopic (exact) mass is 391 g/mol. The van der Waals surface area contributed by atoms with Gasteiger partial charge in [-0.1, -0.05) is 24.3 Å². The van der Waals surface area contributed by atoms with E-state index in [9.17, 15) is 9.59 Å². The van der Waals surface area contributed by atoms with Crippen LogP contribution in [0.3, 0.4) is 0 Å². The maximum absolute atomic E-state index is 12.1. The zero-order valence-corrected chi connectivity index (χ0v) is 17.7. The third kappa shape index (κ3) is 7.38. The van der Waals surface area contributed by atoms with E-state index in [1.165, 1.54) is 0 Å². The van der Waals surface area contributed by atoms with Crippen LogP contribution in [-0.4, -0.2) is 42.5 Å². The van der Waals surface area contributed by atoms with Crippen LogP contribution in [0.15, 0.2) is 24.3 Å². The van der Waals surface area contributed by atoms with Crippen molar-refractivity contribution in [3.63, 3.8) is 0 Å². The minimum Gasteiger partial charge on any atom is -0.444 e. The standard InChI is InChI=1S/C21H33N3O4/c1-20(2,3)27-18(25)23-11-14-8-7-9-15(10-14)16-12-22-13-17(16)24-19(26)28-21(4,5)6/h7-10,16-17,22H,11-13H2,1-6H3,(H,23,25)(H,24,26)/t16-,17+/m1/s1. The second-order valence-electron chi connectivity index (χ2n) is 9.12. The summed E-state index contributed by atoms with van der Waals surface area (Å²) >= 11 is 0. The lowest BCUT2D eigenvalue weighted by Gasteiger charge is -2.24. The van der Waals surface area contributed by atoms with Crippen molar-refractivity contribution in [3.8, 4) is 0 Å². The molecule has 2 rings (SSSR count). The Hall–Kier alpha value is -2.28. The molecule has 1 aliphatic rings. The Morgan fingerprint density at radius 2 is 1.68 bits per heavy atom. The molecule has 7 heteroatoms. The van der Waals surface area contributed by atoms with Crippen LogP contribution in [0.4, 0.5) is 9.59 Å². The molecule has 0 spiro atoms. The van der Waals surface area contributed by atoms with E-state index in [4.69, 9.17) is 9.47 Å². The predicted molar refractivity (Wildman–Crippen MR) is 108 cm³/mol. The quantitative estimate of drug-likeness (QED) is 0.733. The van der Waals surface area contributed by atoms with Crippen LogP contribution in [0, 0.1) is 0 Å². The van der Waals surface area contributed by atoms with Crippen LogP contribution in [0.1, 0.15) is 58.6 Å². The van der Waals surface area contributed by atoms with Gasteiger partial charge in [-0.15, -0.1) is 0 Å². The molecule has 0 aliphatic carbocycles. The molecular formula is C21H33N3O4. The molecule has 0 bridgehead atoms. The Labute approximate surface area is 167 Å². The van der Waals surface area contributed by atoms with Crippen molar-refractivity contribution in [3.05, 3.63) is 35.4 Å². The Morgan fingerprint density at radius 1 is 1.04 bits per heavy atom. The van der Waals surface area contributed by atoms with E-state index >= 15 is 0 Å². The summed E-state index contributed by atoms with van der Waals surface area (Å²) in [6.07, 6.45) is -0.848. The summed E-state index contributed by atoms with van der Waals surface area (Å²) in [5, 5.41) is 9.07. The van der Waals surface area contributed by atoms with E-state index in [0.29, 0.717) is 13.1 Å². The fourth-order valence-corrected chi connectivity index (χ4v) is 3.06. The Balaban J connectivity index is 1.98. The van der Waals surface area contributed by atoms with Crippen LogP contribution >= 0.6 is 0 Å². The van der Waals surface area contributed by atoms with Crippen LogP contribution in [0.2, 0.25) is 0 Å². The molecule has 156 valence electrons. The van der Waals surface area contributed by atoms with Crippen molar-refractivity contribution in [2.45, 2.75) is 71.2 Å². The number of hydrogen-bond acceptors (Lipinski definition) is 5. The molecule has 1 fully saturated rings. The van der Waals surface area contributed by atoms with Crippen molar-refractivity contribution in [1.82, 2.24) is 16.0 Å². The van der Waals surface area contributed by atoms with E-state index in [-0.39, 0.29) is 12.0 Å². The molecule has 1 aromatic rings. The molecule has 0 unspecified atom stereocenters. The van der Waals surface area contributed by atoms with Crippen molar-refractivity contribution in [1.29, 1.82) is 0 Å². The summed E-state index contributed by atoms with van der Waals surface area (Å²) in [5.74, 6) is 0.133. The molecule has 0 aromatic heterocycles. The first-order valence-corrected chi connectivity index (χ1v) is 9.69. The highest BCUT2D eigenvalue weighted by Gasteiger charge is 2.31. The Bertz CT molecular complexity index is 692. The molecule has 7 nitrogen and oxygen atoms in total. The minimum absolute atomic E-state index is 0.0519. The number of nitrogens with one attached hydrogen (secondary N) is 3. The highest BCUT2D eigenvalue weighted by Crippen LogP contribution is 2.24. The van der Waals surface area contributed by atoms with Gasteiger partial charge in [0.15, 0.2) is 0 Å². The minimum atomic E-state index is -0.529. The van der Waals surface area contributed by atoms with E-state index < -0.39 is 23.4 Å². The van der Waals surface area contributed by atoms with Gasteiger partial charge in [0.05, 0.1) is 6.04 Å². The summed E-state index contributed by atoms with van der Waals surface area (Å²) in [4.78, 5) is 24.0. The largest absolute Gasteiger partial charge is 0.444 e. The first-order valence-electron chi connectivity index (χ1n) is 9.69. The first-order chi connectivity index (χ1) is 12.9. The normalized spacial score (nSPS) is 19.8. The molecule has 2 amide bonds. The van der Waals surface area contributed by atoms with Gasteiger partial charge < -0.3 is 25.4 Å². The van der Waals surface area contributed by atoms with Crippen LogP contribution in [-0.2, 0) is 16.0 Å². The molecule has 1 aromatic carbocycles. The van der Waals surface area contributed by atoms with Crippen LogP contribution in [0.25, 0.3) is 0 Å². The lowest BCUT2D eigenvalue weighted by atomic mass is 9.93. The Kier molecular flexibility index (Phi) is 6.93. The maximum atomic E-state index is 12.1. The van der Waals surface area contributed by atoms with Gasteiger partial charge in [-0.2, -0.15) is 0 Å². The number of amides is 2. The molecule has 1 aliphatic heterocycles. The fraction of sp³-hybridized carbons (Fsp3) is 0.619. The number of alkyl carbamates (subject to hydrolysis) is 2. The lowest BCUT2D eigenvalue weighted by molar-refractivity contribution is 0.0498. The van der Waals surface area contributed by atoms with Gasteiger partial charge in [-0.25, -0.2) is 9.59 Å². The smallest absolute Gasteiger partial charge is 0.407 e. The fourth-order valence-electron chi connectivity index (χ4n) is 3.06. The van der Waals surface area contributed by atoms with Crippen molar-refractivity contribution >= 4 is 12.2 Å². The second-order valence-corrected chi connectivity index (χ2v) is 9.12. The van der Waals surface area contributed by atoms with Crippen molar-refractivity contribution < 1.29 is 19.1 Å². The zero-order chi connectivity index (χ0) is 20.9. The van der Waals surface area contributed by atoms with Gasteiger partial charge in [-0.3, -0.25) is 0 Å². The van der Waals surface area contributed by atoms with Gasteiger partial charge in [0, 0.05) is 25.6 Å². The number of carbonyl (C=O) groups is 2. The summed E-state index contributed by atoms with van der Waals surface area (Å²) < 4.78 is 10.6. The molecule has 2 atom stereocenters. The third-order valence-electron chi connectivity index (χ3n) is 4.13. The molecule has 0 radical (unpaired) electrons. The number of ether oxygens (including phenoxy) is 2. The molecule has 3 N–H and O–H groups in total. The SMILES string of the molecule is CC(C)(C)OC(=O)NCc1cccc([C@H]2CNC[C@@H]2NC(=O)OC(C)(C)C)c1. The van der Waals surface area contributed by atoms with Crippen LogP contribution < -0.4 is 16.0 Å². The van der Waals surface area contributed by atoms with Crippen molar-refractivity contribution in [2.75, 3.05) is 13.1 Å². The zero-order valence-electron chi connectivity index (χ0n) is 17.7. The second kappa shape index (κ2) is 8.82. The topological polar surface area (TPSA) is 88.7 Å². The van der Waals surface area contributed by atoms with E-state index in [0.717, 1.165) is 17.7 Å². The van der Waals surface area contributed by atoms with E-state index in [2.05, 4.69) is 22.0 Å². The van der Waals surface area contributed by atoms with Crippen molar-refractivity contribution in [2.24, 2.45) is 0 Å². The number of rotatable bonds is 4. The van der Waals surface area contributed by atoms with Gasteiger partial charge in [-0.05, 0) is 52.7 Å². The van der Waals surface area contributed by atoms with Crippen LogP contribution in [0.5, 0.6) is 0 Å². The highest BCUT2D eigenvalue weighted by atomic mass is 16.6. The third-order valence-corrected chi connectivity index (χ3v) is 4.13. The van der Waals surface area contributed by atoms with Gasteiger partial charge in [0.1, 0.15) is 11.2 Å². The number of carbonyl (C=O) groups excluding carboxylic acids is 2. The van der Waals surface area contributed by atoms with Gasteiger partial charge in [0.2, 0.25) is 0 Å². The maximum Gasteiger partial charge on any atom is 0.407 e. The number of hydrogen-bond donors (Lipinski definition) is 3. The van der Waals surface area contributed by atoms with Gasteiger partial charge >= 0.3 is 12.2 Å². The molecule has 1 saturated heterocycles. The Morgan fingerprint density at radius 3 is 2.32 bits per heavy atom. The summed E-state index contributed by atoms with van der Waals surface area (Å²) in [6, 6.07) is 7.96. The molecule has 28 heavy (non-hydrogen) atoms. The van der Waals surface area contributed by atoms with E-state index in [1.807, 2.05) is 59.7 Å². The predicted octanol–water partition coefficient (Wildman–Crippen LogP) is 3.29. The summed E-state index contributed by atoms with van der Waals surface area (Å²) in [7, 11) is 0. The lowest BCUT2D eigenvalue weighted by Crippen LogP contribution is -2.42. The molecule has 1 heterocycles. The van der Waals surface area contributed by atoms with Gasteiger partial charge in [0.25, 0.3) is 0 Å². The average Bonchev–Trinajstić information content (AvgIpc) is 2.97. The molecular weight excluding hydrogens is 358 g/mol. The number of benzene rings is 1. The summed E-state index contributed by atoms with van der Waals surface area (Å²) in [6.45, 7) is 12.9. The van der Waals surface area contributed by atoms with E-state index in [1.54, 1.807) is 0 Å². The first kappa shape index (κ1) is 22.0. The highest BCUT2D eigenvalue weighted by molar-refractivity contribution is 5.68. The summed E-state index contributed by atoms with van der Waals surface area (Å²) in [5.41, 5.74) is 1.03. The molecule has 0 saturated carbocycles. The average molecular weight is 392 g/mol.